The number of benzene rings is 1. The van der Waals surface area contributed by atoms with Gasteiger partial charge in [-0.25, -0.2) is 0 Å². The predicted octanol–water partition coefficient (Wildman–Crippen LogP) is 2.89. The van der Waals surface area contributed by atoms with Crippen LogP contribution in [0.1, 0.15) is 23.2 Å². The van der Waals surface area contributed by atoms with Gasteiger partial charge in [-0.2, -0.15) is 0 Å². The van der Waals surface area contributed by atoms with Crippen LogP contribution in [0.3, 0.4) is 0 Å². The monoisotopic (exact) mass is 259 g/mol. The molecule has 2 rings (SSSR count). The summed E-state index contributed by atoms with van der Waals surface area (Å²) < 4.78 is 0. The quantitative estimate of drug-likeness (QED) is 0.598. The van der Waals surface area contributed by atoms with Gasteiger partial charge in [0.1, 0.15) is 0 Å². The molecule has 0 aromatic heterocycles. The molecular weight excluding hydrogens is 242 g/mol. The third-order valence-corrected chi connectivity index (χ3v) is 3.88. The summed E-state index contributed by atoms with van der Waals surface area (Å²) in [6.45, 7) is 1.20. The molecule has 0 aliphatic heterocycles. The Balaban J connectivity index is 2.18. The fourth-order valence-corrected chi connectivity index (χ4v) is 2.52. The lowest BCUT2D eigenvalue weighted by molar-refractivity contribution is 0.0766. The second-order valence-corrected chi connectivity index (χ2v) is 5.38. The van der Waals surface area contributed by atoms with Gasteiger partial charge in [0.05, 0.1) is 12.1 Å². The van der Waals surface area contributed by atoms with E-state index in [1.165, 1.54) is 12.8 Å². The van der Waals surface area contributed by atoms with Gasteiger partial charge in [-0.3, -0.25) is 4.79 Å². The first kappa shape index (κ1) is 13.0. The second-order valence-electron chi connectivity index (χ2n) is 4.53. The van der Waals surface area contributed by atoms with Crippen molar-refractivity contribution in [3.63, 3.8) is 0 Å². The van der Waals surface area contributed by atoms with Gasteiger partial charge in [0, 0.05) is 11.4 Å². The zero-order chi connectivity index (χ0) is 13.0. The molecule has 1 fully saturated rings. The van der Waals surface area contributed by atoms with Gasteiger partial charge in [-0.15, -0.1) is 18.2 Å². The molecule has 1 aromatic rings. The van der Waals surface area contributed by atoms with Crippen molar-refractivity contribution in [2.45, 2.75) is 17.7 Å². The van der Waals surface area contributed by atoms with Gasteiger partial charge >= 0.3 is 0 Å². The van der Waals surface area contributed by atoms with E-state index >= 15 is 0 Å². The zero-order valence-electron chi connectivity index (χ0n) is 10.6. The van der Waals surface area contributed by atoms with E-state index < -0.39 is 0 Å². The molecule has 0 heterocycles. The largest absolute Gasteiger partial charge is 0.327 e. The van der Waals surface area contributed by atoms with Gasteiger partial charge < -0.3 is 4.90 Å². The average Bonchev–Trinajstić information content (AvgIpc) is 3.21. The highest BCUT2D eigenvalue weighted by Crippen LogP contribution is 2.30. The molecule has 0 bridgehead atoms. The van der Waals surface area contributed by atoms with Crippen LogP contribution < -0.4 is 0 Å². The molecule has 94 valence electrons. The Labute approximate surface area is 113 Å². The Morgan fingerprint density at radius 3 is 2.83 bits per heavy atom. The number of carbonyl (C=O) groups is 1. The highest BCUT2D eigenvalue weighted by Gasteiger charge is 2.27. The third kappa shape index (κ3) is 3.08. The fraction of sp³-hybridized carbons (Fsp3) is 0.400. The van der Waals surface area contributed by atoms with Crippen LogP contribution in [-0.4, -0.2) is 30.2 Å². The van der Waals surface area contributed by atoms with Crippen molar-refractivity contribution in [2.75, 3.05) is 19.3 Å². The van der Waals surface area contributed by atoms with E-state index in [4.69, 9.17) is 6.42 Å². The van der Waals surface area contributed by atoms with Gasteiger partial charge in [0.2, 0.25) is 0 Å². The summed E-state index contributed by atoms with van der Waals surface area (Å²) in [5.41, 5.74) is 0.765. The highest BCUT2D eigenvalue weighted by atomic mass is 32.2. The molecule has 0 radical (unpaired) electrons. The van der Waals surface area contributed by atoms with Crippen molar-refractivity contribution in [2.24, 2.45) is 5.92 Å². The first-order valence-corrected chi connectivity index (χ1v) is 7.34. The Hall–Kier alpha value is -1.40. The summed E-state index contributed by atoms with van der Waals surface area (Å²) in [4.78, 5) is 15.3. The van der Waals surface area contributed by atoms with Gasteiger partial charge in [0.25, 0.3) is 5.91 Å². The Morgan fingerprint density at radius 1 is 1.50 bits per heavy atom. The van der Waals surface area contributed by atoms with Crippen molar-refractivity contribution in [3.05, 3.63) is 29.8 Å². The Bertz CT molecular complexity index is 474. The number of carbonyl (C=O) groups excluding carboxylic acids is 1. The number of amides is 1. The topological polar surface area (TPSA) is 20.3 Å². The molecule has 0 N–H and O–H groups in total. The second kappa shape index (κ2) is 5.97. The lowest BCUT2D eigenvalue weighted by atomic mass is 10.2. The molecule has 1 aliphatic carbocycles. The summed E-state index contributed by atoms with van der Waals surface area (Å²) in [5.74, 6) is 3.30. The number of terminal acetylenes is 1. The maximum atomic E-state index is 12.5. The maximum absolute atomic E-state index is 12.5. The van der Waals surface area contributed by atoms with Crippen LogP contribution in [0.4, 0.5) is 0 Å². The van der Waals surface area contributed by atoms with E-state index in [1.54, 1.807) is 16.7 Å². The van der Waals surface area contributed by atoms with Crippen LogP contribution in [0, 0.1) is 18.3 Å². The average molecular weight is 259 g/mol. The third-order valence-electron chi connectivity index (χ3n) is 3.08. The summed E-state index contributed by atoms with van der Waals surface area (Å²) in [6, 6.07) is 7.71. The van der Waals surface area contributed by atoms with Gasteiger partial charge in [0.15, 0.2) is 0 Å². The van der Waals surface area contributed by atoms with E-state index in [1.807, 2.05) is 30.5 Å². The molecule has 0 atom stereocenters. The molecule has 0 unspecified atom stereocenters. The number of hydrogen-bond donors (Lipinski definition) is 0. The minimum absolute atomic E-state index is 0.0600. The number of rotatable bonds is 5. The van der Waals surface area contributed by atoms with Crippen molar-refractivity contribution >= 4 is 17.7 Å². The molecule has 1 aromatic carbocycles. The van der Waals surface area contributed by atoms with Crippen molar-refractivity contribution in [1.29, 1.82) is 0 Å². The Kier molecular flexibility index (Phi) is 4.33. The first-order chi connectivity index (χ1) is 8.76. The molecular formula is C15H17NOS. The molecule has 1 saturated carbocycles. The van der Waals surface area contributed by atoms with Crippen LogP contribution in [0.25, 0.3) is 0 Å². The van der Waals surface area contributed by atoms with Crippen LogP contribution in [0.2, 0.25) is 0 Å². The molecule has 2 nitrogen and oxygen atoms in total. The molecule has 18 heavy (non-hydrogen) atoms. The first-order valence-electron chi connectivity index (χ1n) is 6.12. The van der Waals surface area contributed by atoms with Crippen LogP contribution in [0.5, 0.6) is 0 Å². The predicted molar refractivity (Wildman–Crippen MR) is 75.7 cm³/mol. The maximum Gasteiger partial charge on any atom is 0.255 e. The van der Waals surface area contributed by atoms with Crippen molar-refractivity contribution < 1.29 is 4.79 Å². The molecule has 0 spiro atoms. The van der Waals surface area contributed by atoms with E-state index in [9.17, 15) is 4.79 Å². The highest BCUT2D eigenvalue weighted by molar-refractivity contribution is 7.98. The molecule has 0 saturated heterocycles. The Morgan fingerprint density at radius 2 is 2.22 bits per heavy atom. The zero-order valence-corrected chi connectivity index (χ0v) is 11.4. The van der Waals surface area contributed by atoms with Gasteiger partial charge in [-0.05, 0) is 37.1 Å². The lowest BCUT2D eigenvalue weighted by Gasteiger charge is -2.21. The van der Waals surface area contributed by atoms with E-state index in [2.05, 4.69) is 5.92 Å². The van der Waals surface area contributed by atoms with Gasteiger partial charge in [-0.1, -0.05) is 18.1 Å². The normalized spacial score (nSPS) is 14.0. The minimum Gasteiger partial charge on any atom is -0.327 e. The molecule has 1 aliphatic rings. The van der Waals surface area contributed by atoms with E-state index in [0.717, 1.165) is 17.0 Å². The fourth-order valence-electron chi connectivity index (χ4n) is 1.93. The summed E-state index contributed by atoms with van der Waals surface area (Å²) in [5, 5.41) is 0. The number of nitrogens with zero attached hydrogens (tertiary/aromatic N) is 1. The lowest BCUT2D eigenvalue weighted by Crippen LogP contribution is -2.33. The SMILES string of the molecule is C#CCN(CC1CC1)C(=O)c1ccccc1SC. The standard InChI is InChI=1S/C15H17NOS/c1-3-10-16(11-12-8-9-12)15(17)13-6-4-5-7-14(13)18-2/h1,4-7,12H,8-11H2,2H3. The smallest absolute Gasteiger partial charge is 0.255 e. The minimum atomic E-state index is 0.0600. The number of hydrogen-bond acceptors (Lipinski definition) is 2. The van der Waals surface area contributed by atoms with Crippen LogP contribution in [0.15, 0.2) is 29.2 Å². The van der Waals surface area contributed by atoms with Crippen molar-refractivity contribution in [1.82, 2.24) is 4.90 Å². The van der Waals surface area contributed by atoms with Crippen molar-refractivity contribution in [3.8, 4) is 12.3 Å². The summed E-state index contributed by atoms with van der Waals surface area (Å²) in [6.07, 6.45) is 9.79. The summed E-state index contributed by atoms with van der Waals surface area (Å²) in [7, 11) is 0. The van der Waals surface area contributed by atoms with E-state index in [-0.39, 0.29) is 5.91 Å². The van der Waals surface area contributed by atoms with Crippen LogP contribution >= 0.6 is 11.8 Å². The number of thioether (sulfide) groups is 1. The summed E-state index contributed by atoms with van der Waals surface area (Å²) >= 11 is 1.59. The van der Waals surface area contributed by atoms with Crippen LogP contribution in [-0.2, 0) is 0 Å². The molecule has 3 heteroatoms. The molecule has 1 amide bonds. The van der Waals surface area contributed by atoms with E-state index in [0.29, 0.717) is 12.5 Å².